The van der Waals surface area contributed by atoms with Crippen molar-refractivity contribution >= 4 is 0 Å². The third-order valence-electron chi connectivity index (χ3n) is 2.92. The Morgan fingerprint density at radius 3 is 2.47 bits per heavy atom. The van der Waals surface area contributed by atoms with Crippen LogP contribution in [0.5, 0.6) is 5.75 Å². The van der Waals surface area contributed by atoms with Crippen molar-refractivity contribution in [2.75, 3.05) is 0 Å². The monoisotopic (exact) mass is 251 g/mol. The van der Waals surface area contributed by atoms with Gasteiger partial charge in [0, 0.05) is 0 Å². The van der Waals surface area contributed by atoms with E-state index in [1.807, 2.05) is 44.2 Å². The average molecular weight is 251 g/mol. The van der Waals surface area contributed by atoms with Crippen molar-refractivity contribution in [2.24, 2.45) is 0 Å². The van der Waals surface area contributed by atoms with Crippen molar-refractivity contribution in [3.8, 4) is 22.9 Å². The standard InChI is InChI=1S/C17H17NO/c1-12(2)19-17-10-14(8-9-15(17)11-18)16-7-5-4-6-13(16)3/h4-10,12H,1-3H3. The number of hydrogen-bond donors (Lipinski definition) is 0. The summed E-state index contributed by atoms with van der Waals surface area (Å²) in [4.78, 5) is 0. The van der Waals surface area contributed by atoms with Gasteiger partial charge in [-0.2, -0.15) is 5.26 Å². The van der Waals surface area contributed by atoms with Crippen LogP contribution in [0.4, 0.5) is 0 Å². The Balaban J connectivity index is 2.50. The molecule has 0 heterocycles. The van der Waals surface area contributed by atoms with Gasteiger partial charge in [0.25, 0.3) is 0 Å². The molecule has 0 N–H and O–H groups in total. The van der Waals surface area contributed by atoms with E-state index in [1.54, 1.807) is 0 Å². The molecular weight excluding hydrogens is 234 g/mol. The van der Waals surface area contributed by atoms with Crippen LogP contribution < -0.4 is 4.74 Å². The third-order valence-corrected chi connectivity index (χ3v) is 2.92. The maximum absolute atomic E-state index is 9.12. The van der Waals surface area contributed by atoms with Gasteiger partial charge >= 0.3 is 0 Å². The maximum Gasteiger partial charge on any atom is 0.138 e. The molecule has 2 nitrogen and oxygen atoms in total. The molecular formula is C17H17NO. The highest BCUT2D eigenvalue weighted by Gasteiger charge is 2.09. The van der Waals surface area contributed by atoms with E-state index in [2.05, 4.69) is 25.1 Å². The van der Waals surface area contributed by atoms with Crippen LogP contribution in [0.1, 0.15) is 25.0 Å². The van der Waals surface area contributed by atoms with Crippen LogP contribution in [0.3, 0.4) is 0 Å². The molecule has 0 unspecified atom stereocenters. The SMILES string of the molecule is Cc1ccccc1-c1ccc(C#N)c(OC(C)C)c1. The fourth-order valence-corrected chi connectivity index (χ4v) is 2.03. The van der Waals surface area contributed by atoms with Crippen LogP contribution in [0.15, 0.2) is 42.5 Å². The first-order valence-electron chi connectivity index (χ1n) is 6.38. The number of benzene rings is 2. The molecule has 0 saturated heterocycles. The summed E-state index contributed by atoms with van der Waals surface area (Å²) in [5, 5.41) is 9.12. The summed E-state index contributed by atoms with van der Waals surface area (Å²) in [6.07, 6.45) is 0.0548. The first-order valence-corrected chi connectivity index (χ1v) is 6.38. The molecule has 19 heavy (non-hydrogen) atoms. The Hall–Kier alpha value is -2.27. The van der Waals surface area contributed by atoms with E-state index in [0.717, 1.165) is 5.56 Å². The highest BCUT2D eigenvalue weighted by Crippen LogP contribution is 2.29. The topological polar surface area (TPSA) is 33.0 Å². The number of ether oxygens (including phenoxy) is 1. The van der Waals surface area contributed by atoms with E-state index in [4.69, 9.17) is 10.00 Å². The molecule has 0 fully saturated rings. The third kappa shape index (κ3) is 2.95. The van der Waals surface area contributed by atoms with Gasteiger partial charge in [-0.25, -0.2) is 0 Å². The fourth-order valence-electron chi connectivity index (χ4n) is 2.03. The van der Waals surface area contributed by atoms with E-state index < -0.39 is 0 Å². The van der Waals surface area contributed by atoms with Gasteiger partial charge < -0.3 is 4.74 Å². The van der Waals surface area contributed by atoms with Crippen LogP contribution in [0.2, 0.25) is 0 Å². The van der Waals surface area contributed by atoms with Crippen molar-refractivity contribution in [1.82, 2.24) is 0 Å². The van der Waals surface area contributed by atoms with Crippen molar-refractivity contribution in [3.05, 3.63) is 53.6 Å². The van der Waals surface area contributed by atoms with Gasteiger partial charge in [-0.05, 0) is 49.6 Å². The van der Waals surface area contributed by atoms with Crippen molar-refractivity contribution < 1.29 is 4.74 Å². The number of hydrogen-bond acceptors (Lipinski definition) is 2. The van der Waals surface area contributed by atoms with Gasteiger partial charge in [0.15, 0.2) is 0 Å². The minimum atomic E-state index is 0.0548. The van der Waals surface area contributed by atoms with Crippen LogP contribution in [-0.4, -0.2) is 6.10 Å². The van der Waals surface area contributed by atoms with E-state index in [-0.39, 0.29) is 6.10 Å². The molecule has 0 saturated carbocycles. The number of nitriles is 1. The van der Waals surface area contributed by atoms with E-state index in [1.165, 1.54) is 11.1 Å². The summed E-state index contributed by atoms with van der Waals surface area (Å²) in [5.41, 5.74) is 4.03. The minimum Gasteiger partial charge on any atom is -0.490 e. The zero-order valence-electron chi connectivity index (χ0n) is 11.5. The summed E-state index contributed by atoms with van der Waals surface area (Å²) < 4.78 is 5.72. The summed E-state index contributed by atoms with van der Waals surface area (Å²) in [7, 11) is 0. The smallest absolute Gasteiger partial charge is 0.138 e. The molecule has 0 atom stereocenters. The molecule has 0 amide bonds. The normalized spacial score (nSPS) is 10.3. The Labute approximate surface area is 114 Å². The first-order chi connectivity index (χ1) is 9.11. The van der Waals surface area contributed by atoms with Crippen LogP contribution in [-0.2, 0) is 0 Å². The molecule has 0 aliphatic heterocycles. The molecule has 0 aliphatic rings. The van der Waals surface area contributed by atoms with E-state index >= 15 is 0 Å². The lowest BCUT2D eigenvalue weighted by Crippen LogP contribution is -2.06. The van der Waals surface area contributed by atoms with Crippen molar-refractivity contribution in [3.63, 3.8) is 0 Å². The van der Waals surface area contributed by atoms with Gasteiger partial charge in [-0.1, -0.05) is 30.3 Å². The lowest BCUT2D eigenvalue weighted by atomic mass is 9.99. The summed E-state index contributed by atoms with van der Waals surface area (Å²) in [5.74, 6) is 0.651. The zero-order valence-corrected chi connectivity index (χ0v) is 11.5. The van der Waals surface area contributed by atoms with Gasteiger partial charge in [0.2, 0.25) is 0 Å². The zero-order chi connectivity index (χ0) is 13.8. The second-order valence-corrected chi connectivity index (χ2v) is 4.80. The van der Waals surface area contributed by atoms with Gasteiger partial charge in [0.05, 0.1) is 11.7 Å². The summed E-state index contributed by atoms with van der Waals surface area (Å²) >= 11 is 0. The second-order valence-electron chi connectivity index (χ2n) is 4.80. The second kappa shape index (κ2) is 5.58. The highest BCUT2D eigenvalue weighted by atomic mass is 16.5. The molecule has 0 aromatic heterocycles. The number of rotatable bonds is 3. The maximum atomic E-state index is 9.12. The van der Waals surface area contributed by atoms with Crippen LogP contribution >= 0.6 is 0 Å². The Morgan fingerprint density at radius 2 is 1.84 bits per heavy atom. The predicted molar refractivity (Wildman–Crippen MR) is 77.1 cm³/mol. The van der Waals surface area contributed by atoms with Crippen molar-refractivity contribution in [2.45, 2.75) is 26.9 Å². The molecule has 2 aromatic rings. The Kier molecular flexibility index (Phi) is 3.87. The van der Waals surface area contributed by atoms with Crippen LogP contribution in [0, 0.1) is 18.3 Å². The van der Waals surface area contributed by atoms with Gasteiger partial charge in [-0.3, -0.25) is 0 Å². The molecule has 0 aliphatic carbocycles. The predicted octanol–water partition coefficient (Wildman–Crippen LogP) is 4.32. The van der Waals surface area contributed by atoms with E-state index in [0.29, 0.717) is 11.3 Å². The average Bonchev–Trinajstić information content (AvgIpc) is 2.38. The minimum absolute atomic E-state index is 0.0548. The molecule has 96 valence electrons. The molecule has 0 radical (unpaired) electrons. The fraction of sp³-hybridized carbons (Fsp3) is 0.235. The lowest BCUT2D eigenvalue weighted by Gasteiger charge is -2.13. The molecule has 0 spiro atoms. The Morgan fingerprint density at radius 1 is 1.11 bits per heavy atom. The first kappa shape index (κ1) is 13.2. The number of nitrogens with zero attached hydrogens (tertiary/aromatic N) is 1. The Bertz CT molecular complexity index is 623. The largest absolute Gasteiger partial charge is 0.490 e. The molecule has 2 rings (SSSR count). The van der Waals surface area contributed by atoms with Crippen molar-refractivity contribution in [1.29, 1.82) is 5.26 Å². The molecule has 2 aromatic carbocycles. The highest BCUT2D eigenvalue weighted by molar-refractivity contribution is 5.70. The molecule has 2 heteroatoms. The quantitative estimate of drug-likeness (QED) is 0.813. The van der Waals surface area contributed by atoms with E-state index in [9.17, 15) is 0 Å². The number of aryl methyl sites for hydroxylation is 1. The summed E-state index contributed by atoms with van der Waals surface area (Å²) in [6.45, 7) is 6.00. The van der Waals surface area contributed by atoms with Gasteiger partial charge in [-0.15, -0.1) is 0 Å². The molecule has 0 bridgehead atoms. The van der Waals surface area contributed by atoms with Crippen LogP contribution in [0.25, 0.3) is 11.1 Å². The van der Waals surface area contributed by atoms with Gasteiger partial charge in [0.1, 0.15) is 11.8 Å². The summed E-state index contributed by atoms with van der Waals surface area (Å²) in [6, 6.07) is 16.1. The lowest BCUT2D eigenvalue weighted by molar-refractivity contribution is 0.242.